The number of nitrogens with one attached hydrogen (secondary N) is 2. The third-order valence-electron chi connectivity index (χ3n) is 5.53. The van der Waals surface area contributed by atoms with Crippen LogP contribution in [0.15, 0.2) is 39.9 Å². The molecule has 2 heterocycles. The van der Waals surface area contributed by atoms with Crippen molar-refractivity contribution in [1.29, 1.82) is 0 Å². The molecule has 1 unspecified atom stereocenters. The number of benzene rings is 1. The maximum Gasteiger partial charge on any atom is 0.332 e. The molecule has 3 aromatic rings. The van der Waals surface area contributed by atoms with Crippen molar-refractivity contribution in [2.75, 3.05) is 0 Å². The number of H-pyrrole nitrogens is 1. The Bertz CT molecular complexity index is 1170. The number of unbranched alkanes of at least 4 members (excludes halogenated alkanes) is 3. The van der Waals surface area contributed by atoms with E-state index in [-0.39, 0.29) is 35.0 Å². The Hall–Kier alpha value is -2.87. The molecule has 1 amide bonds. The van der Waals surface area contributed by atoms with Gasteiger partial charge in [-0.05, 0) is 43.4 Å². The van der Waals surface area contributed by atoms with Gasteiger partial charge in [0, 0.05) is 19.5 Å². The predicted octanol–water partition coefficient (Wildman–Crippen LogP) is 3.78. The molecule has 3 rings (SSSR count). The summed E-state index contributed by atoms with van der Waals surface area (Å²) in [6.07, 6.45) is 4.23. The first-order chi connectivity index (χ1) is 15.4. The Morgan fingerprint density at radius 3 is 2.50 bits per heavy atom. The third-order valence-corrected chi connectivity index (χ3v) is 5.71. The van der Waals surface area contributed by atoms with Crippen LogP contribution in [0.25, 0.3) is 11.2 Å². The van der Waals surface area contributed by atoms with Gasteiger partial charge in [-0.25, -0.2) is 4.79 Å². The van der Waals surface area contributed by atoms with Crippen LogP contribution in [0.5, 0.6) is 0 Å². The number of aromatic nitrogens is 4. The number of nitrogens with zero attached hydrogens (tertiary/aromatic N) is 3. The molecule has 0 aliphatic heterocycles. The summed E-state index contributed by atoms with van der Waals surface area (Å²) in [6, 6.07) is 9.69. The summed E-state index contributed by atoms with van der Waals surface area (Å²) in [7, 11) is 0. The minimum Gasteiger partial charge on any atom is -0.350 e. The SMILES string of the molecule is CCCCCn1c(=O)n(CCCCC(=O)NC(C)c2ccccc2)c(=O)c2[nH]c(Cl)nc21. The Labute approximate surface area is 191 Å². The number of amides is 1. The summed E-state index contributed by atoms with van der Waals surface area (Å²) >= 11 is 5.97. The van der Waals surface area contributed by atoms with Gasteiger partial charge in [0.1, 0.15) is 0 Å². The van der Waals surface area contributed by atoms with Crippen LogP contribution in [0, 0.1) is 0 Å². The highest BCUT2D eigenvalue weighted by Gasteiger charge is 2.17. The molecule has 0 bridgehead atoms. The first-order valence-corrected chi connectivity index (χ1v) is 11.5. The zero-order valence-corrected chi connectivity index (χ0v) is 19.3. The highest BCUT2D eigenvalue weighted by atomic mass is 35.5. The van der Waals surface area contributed by atoms with E-state index in [1.807, 2.05) is 37.3 Å². The Kier molecular flexibility index (Phi) is 8.27. The highest BCUT2D eigenvalue weighted by Crippen LogP contribution is 2.13. The summed E-state index contributed by atoms with van der Waals surface area (Å²) in [5, 5.41) is 3.07. The van der Waals surface area contributed by atoms with E-state index in [1.54, 1.807) is 0 Å². The largest absolute Gasteiger partial charge is 0.350 e. The van der Waals surface area contributed by atoms with Gasteiger partial charge >= 0.3 is 5.69 Å². The second-order valence-electron chi connectivity index (χ2n) is 7.98. The number of carbonyl (C=O) groups excluding carboxylic acids is 1. The molecule has 0 saturated heterocycles. The Morgan fingerprint density at radius 2 is 1.78 bits per heavy atom. The molecule has 0 aliphatic rings. The lowest BCUT2D eigenvalue weighted by Gasteiger charge is -2.14. The van der Waals surface area contributed by atoms with Gasteiger partial charge in [0.05, 0.1) is 6.04 Å². The number of carbonyl (C=O) groups is 1. The molecule has 9 heteroatoms. The maximum atomic E-state index is 13.0. The molecule has 0 radical (unpaired) electrons. The lowest BCUT2D eigenvalue weighted by atomic mass is 10.1. The molecule has 172 valence electrons. The van der Waals surface area contributed by atoms with Crippen LogP contribution in [-0.4, -0.2) is 25.0 Å². The van der Waals surface area contributed by atoms with Crippen molar-refractivity contribution in [2.45, 2.75) is 71.5 Å². The molecular formula is C23H30ClN5O3. The summed E-state index contributed by atoms with van der Waals surface area (Å²) in [5.74, 6) is -0.0542. The number of halogens is 1. The topological polar surface area (TPSA) is 102 Å². The van der Waals surface area contributed by atoms with E-state index in [0.717, 1.165) is 24.8 Å². The molecule has 32 heavy (non-hydrogen) atoms. The van der Waals surface area contributed by atoms with Crippen molar-refractivity contribution in [3.05, 3.63) is 62.0 Å². The van der Waals surface area contributed by atoms with E-state index < -0.39 is 5.56 Å². The first kappa shape index (κ1) is 23.8. The maximum absolute atomic E-state index is 13.0. The van der Waals surface area contributed by atoms with Crippen molar-refractivity contribution >= 4 is 28.7 Å². The van der Waals surface area contributed by atoms with Crippen molar-refractivity contribution in [3.8, 4) is 0 Å². The van der Waals surface area contributed by atoms with Gasteiger partial charge in [-0.1, -0.05) is 50.1 Å². The molecule has 2 N–H and O–H groups in total. The minimum atomic E-state index is -0.432. The van der Waals surface area contributed by atoms with Gasteiger partial charge in [0.25, 0.3) is 5.56 Å². The van der Waals surface area contributed by atoms with Gasteiger partial charge in [-0.2, -0.15) is 4.98 Å². The Morgan fingerprint density at radius 1 is 1.09 bits per heavy atom. The van der Waals surface area contributed by atoms with Gasteiger partial charge in [-0.3, -0.25) is 18.7 Å². The van der Waals surface area contributed by atoms with Crippen LogP contribution in [0.3, 0.4) is 0 Å². The number of hydrogen-bond acceptors (Lipinski definition) is 4. The number of hydrogen-bond donors (Lipinski definition) is 2. The summed E-state index contributed by atoms with van der Waals surface area (Å²) < 4.78 is 2.73. The zero-order chi connectivity index (χ0) is 23.1. The smallest absolute Gasteiger partial charge is 0.332 e. The van der Waals surface area contributed by atoms with Crippen LogP contribution in [0.1, 0.15) is 64.0 Å². The molecule has 1 atom stereocenters. The van der Waals surface area contributed by atoms with Gasteiger partial charge in [-0.15, -0.1) is 0 Å². The van der Waals surface area contributed by atoms with Crippen molar-refractivity contribution in [3.63, 3.8) is 0 Å². The molecule has 2 aromatic heterocycles. The monoisotopic (exact) mass is 459 g/mol. The fraction of sp³-hybridized carbons (Fsp3) is 0.478. The lowest BCUT2D eigenvalue weighted by Crippen LogP contribution is -2.40. The van der Waals surface area contributed by atoms with E-state index in [9.17, 15) is 14.4 Å². The van der Waals surface area contributed by atoms with E-state index in [4.69, 9.17) is 11.6 Å². The van der Waals surface area contributed by atoms with Crippen LogP contribution >= 0.6 is 11.6 Å². The van der Waals surface area contributed by atoms with E-state index in [1.165, 1.54) is 9.13 Å². The zero-order valence-electron chi connectivity index (χ0n) is 18.6. The number of rotatable bonds is 11. The fourth-order valence-corrected chi connectivity index (χ4v) is 3.93. The van der Waals surface area contributed by atoms with E-state index in [2.05, 4.69) is 22.2 Å². The van der Waals surface area contributed by atoms with Crippen molar-refractivity contribution in [1.82, 2.24) is 24.4 Å². The molecule has 1 aromatic carbocycles. The van der Waals surface area contributed by atoms with Crippen LogP contribution in [0.2, 0.25) is 5.28 Å². The molecular weight excluding hydrogens is 430 g/mol. The van der Waals surface area contributed by atoms with Crippen LogP contribution in [-0.2, 0) is 17.9 Å². The van der Waals surface area contributed by atoms with Crippen molar-refractivity contribution < 1.29 is 4.79 Å². The number of aryl methyl sites for hydroxylation is 1. The predicted molar refractivity (Wildman–Crippen MR) is 126 cm³/mol. The standard InChI is InChI=1S/C23H30ClN5O3/c1-3-4-9-14-28-20-19(26-22(24)27-20)21(31)29(23(28)32)15-10-8-13-18(30)25-16(2)17-11-6-5-7-12-17/h5-7,11-12,16H,3-4,8-10,13-15H2,1-2H3,(H,25,30)(H,26,27). The van der Waals surface area contributed by atoms with Crippen molar-refractivity contribution in [2.24, 2.45) is 0 Å². The van der Waals surface area contributed by atoms with E-state index in [0.29, 0.717) is 31.5 Å². The number of aromatic amines is 1. The molecule has 0 fully saturated rings. The molecule has 8 nitrogen and oxygen atoms in total. The second kappa shape index (κ2) is 11.1. The average molecular weight is 460 g/mol. The quantitative estimate of drug-likeness (QED) is 0.336. The van der Waals surface area contributed by atoms with Gasteiger partial charge in [0.15, 0.2) is 11.2 Å². The van der Waals surface area contributed by atoms with Crippen LogP contribution in [0.4, 0.5) is 0 Å². The second-order valence-corrected chi connectivity index (χ2v) is 8.34. The summed E-state index contributed by atoms with van der Waals surface area (Å²) in [5.41, 5.74) is 0.761. The molecule has 0 spiro atoms. The molecule has 0 saturated carbocycles. The number of imidazole rings is 1. The van der Waals surface area contributed by atoms with E-state index >= 15 is 0 Å². The van der Waals surface area contributed by atoms with Gasteiger partial charge in [0.2, 0.25) is 11.2 Å². The fourth-order valence-electron chi connectivity index (χ4n) is 3.75. The summed E-state index contributed by atoms with van der Waals surface area (Å²) in [6.45, 7) is 4.74. The summed E-state index contributed by atoms with van der Waals surface area (Å²) in [4.78, 5) is 45.0. The Balaban J connectivity index is 1.64. The third kappa shape index (κ3) is 5.68. The first-order valence-electron chi connectivity index (χ1n) is 11.2. The molecule has 0 aliphatic carbocycles. The average Bonchev–Trinajstić information content (AvgIpc) is 3.17. The minimum absolute atomic E-state index is 0.0542. The van der Waals surface area contributed by atoms with Crippen LogP contribution < -0.4 is 16.6 Å². The lowest BCUT2D eigenvalue weighted by molar-refractivity contribution is -0.121. The number of fused-ring (bicyclic) bond motifs is 1. The van der Waals surface area contributed by atoms with Gasteiger partial charge < -0.3 is 10.3 Å². The highest BCUT2D eigenvalue weighted by molar-refractivity contribution is 6.28. The normalized spacial score (nSPS) is 12.2.